The standard InChI is InChI=1S/C11H18N2.2CHF3O3S.5H3N.Os/c1-2-13-11-7-5-10(6-8-11)4-3-9-12;2*2-1(3,4)8(5,6)7;;;;;;/h5,7,10-11,13H,2-4,6,8H2,1H3;2*(H,5,6,7);5*1H3;/q;;;;;;;;+2/p-2/t10-,11-;;;;;;;;/m1......../s1. The van der Waals surface area contributed by atoms with Crippen LogP contribution in [-0.4, -0.2) is 49.5 Å². The Morgan fingerprint density at radius 3 is 1.43 bits per heavy atom. The molecule has 1 rings (SSSR count). The van der Waals surface area contributed by atoms with Crippen molar-refractivity contribution in [1.29, 1.82) is 5.26 Å². The third-order valence-electron chi connectivity index (χ3n) is 3.12. The molecule has 0 fully saturated rings. The van der Waals surface area contributed by atoms with Crippen molar-refractivity contribution in [2.45, 2.75) is 49.7 Å². The molecular weight excluding hydrogens is 719 g/mol. The minimum absolute atomic E-state index is 0. The third kappa shape index (κ3) is 27.5. The van der Waals surface area contributed by atoms with Crippen LogP contribution >= 0.6 is 0 Å². The number of allylic oxidation sites excluding steroid dienone is 1. The number of likely N-dealkylation sites (N-methyl/N-ethyl adjacent to an activating group) is 1. The Kier molecular flexibility index (Phi) is 36.7. The van der Waals surface area contributed by atoms with Gasteiger partial charge in [0.1, 0.15) is 0 Å². The largest absolute Gasteiger partial charge is 2.00 e. The number of halogens is 6. The number of nitrogens with zero attached hydrogens (tertiary/aromatic N) is 1. The molecule has 0 aliphatic heterocycles. The van der Waals surface area contributed by atoms with E-state index in [4.69, 9.17) is 31.2 Å². The van der Waals surface area contributed by atoms with Gasteiger partial charge in [-0.15, -0.1) is 0 Å². The summed E-state index contributed by atoms with van der Waals surface area (Å²) < 4.78 is 118. The number of hydrogen-bond acceptors (Lipinski definition) is 13. The van der Waals surface area contributed by atoms with Crippen molar-refractivity contribution in [3.05, 3.63) is 12.2 Å². The second-order valence-electron chi connectivity index (χ2n) is 5.38. The summed E-state index contributed by atoms with van der Waals surface area (Å²) in [5.41, 5.74) is -11.3. The summed E-state index contributed by atoms with van der Waals surface area (Å²) in [6, 6.07) is 2.77. The molecule has 1 aliphatic carbocycles. The molecule has 0 bridgehead atoms. The summed E-state index contributed by atoms with van der Waals surface area (Å²) in [7, 11) is -12.2. The zero-order valence-corrected chi connectivity index (χ0v) is 22.9. The van der Waals surface area contributed by atoms with E-state index in [-0.39, 0.29) is 50.5 Å². The molecule has 0 heterocycles. The van der Waals surface area contributed by atoms with Crippen molar-refractivity contribution < 1.29 is 72.1 Å². The topological polar surface area (TPSA) is 325 Å². The predicted molar refractivity (Wildman–Crippen MR) is 111 cm³/mol. The molecule has 218 valence electrons. The van der Waals surface area contributed by atoms with Gasteiger partial charge in [0, 0.05) is 12.5 Å². The zero-order chi connectivity index (χ0) is 23.5. The Labute approximate surface area is 213 Å². The van der Waals surface area contributed by atoms with Gasteiger partial charge in [0.05, 0.1) is 6.07 Å². The van der Waals surface area contributed by atoms with Crippen molar-refractivity contribution in [1.82, 2.24) is 36.1 Å². The molecule has 0 aromatic carbocycles. The molecule has 0 amide bonds. The molecule has 0 spiro atoms. The number of nitrogens with one attached hydrogen (secondary N) is 1. The fourth-order valence-corrected chi connectivity index (χ4v) is 1.80. The Balaban J connectivity index is -0.0000000499. The first-order chi connectivity index (χ1) is 12.9. The van der Waals surface area contributed by atoms with Gasteiger partial charge in [-0.2, -0.15) is 31.6 Å². The second kappa shape index (κ2) is 23.4. The summed E-state index contributed by atoms with van der Waals surface area (Å²) >= 11 is 0. The minimum atomic E-state index is -6.09. The average molecular weight is 752 g/mol. The number of rotatable bonds is 4. The van der Waals surface area contributed by atoms with Gasteiger partial charge in [-0.25, -0.2) is 16.8 Å². The molecule has 0 aromatic heterocycles. The van der Waals surface area contributed by atoms with E-state index in [9.17, 15) is 26.3 Å². The quantitative estimate of drug-likeness (QED) is 0.104. The molecular formula is C13H33F6N7O6OsS2. The Bertz CT molecular complexity index is 735. The molecule has 13 nitrogen and oxygen atoms in total. The summed E-state index contributed by atoms with van der Waals surface area (Å²) in [6.07, 6.45) is 8.71. The number of hydrogen-bond donors (Lipinski definition) is 6. The van der Waals surface area contributed by atoms with E-state index in [0.717, 1.165) is 13.0 Å². The van der Waals surface area contributed by atoms with Crippen molar-refractivity contribution in [2.75, 3.05) is 6.54 Å². The van der Waals surface area contributed by atoms with E-state index >= 15 is 0 Å². The van der Waals surface area contributed by atoms with Gasteiger partial charge in [-0.1, -0.05) is 19.1 Å². The number of alkyl halides is 6. The van der Waals surface area contributed by atoms with Gasteiger partial charge < -0.3 is 45.2 Å². The van der Waals surface area contributed by atoms with Crippen molar-refractivity contribution in [2.24, 2.45) is 5.92 Å². The first kappa shape index (κ1) is 54.8. The maximum atomic E-state index is 10.7. The van der Waals surface area contributed by atoms with Crippen LogP contribution in [0.3, 0.4) is 0 Å². The first-order valence-corrected chi connectivity index (χ1v) is 10.5. The zero-order valence-electron chi connectivity index (χ0n) is 18.7. The Morgan fingerprint density at radius 2 is 1.23 bits per heavy atom. The van der Waals surface area contributed by atoms with E-state index in [1.807, 2.05) is 0 Å². The van der Waals surface area contributed by atoms with Crippen LogP contribution in [0.15, 0.2) is 12.2 Å². The van der Waals surface area contributed by atoms with Crippen LogP contribution in [0.1, 0.15) is 32.6 Å². The molecule has 35 heavy (non-hydrogen) atoms. The van der Waals surface area contributed by atoms with Crippen LogP contribution in [-0.2, 0) is 40.0 Å². The van der Waals surface area contributed by atoms with Crippen LogP contribution in [0.4, 0.5) is 26.3 Å². The van der Waals surface area contributed by atoms with Crippen LogP contribution in [0, 0.1) is 17.2 Å². The van der Waals surface area contributed by atoms with Gasteiger partial charge in [-0.05, 0) is 31.7 Å². The van der Waals surface area contributed by atoms with Gasteiger partial charge in [0.15, 0.2) is 20.2 Å². The van der Waals surface area contributed by atoms with Gasteiger partial charge in [0.2, 0.25) is 0 Å². The molecule has 22 heteroatoms. The summed E-state index contributed by atoms with van der Waals surface area (Å²) in [4.78, 5) is 0. The summed E-state index contributed by atoms with van der Waals surface area (Å²) in [5, 5.41) is 11.9. The SMILES string of the molecule is CCN[C@@H]1C=C[C@@H](CCC#N)CC1.N.N.N.N.N.O=S(=O)([O-])C(F)(F)F.O=S(=O)([O-])C(F)(F)F.[Os+2]. The van der Waals surface area contributed by atoms with E-state index in [0.29, 0.717) is 18.4 Å². The molecule has 1 aliphatic rings. The molecule has 0 saturated carbocycles. The van der Waals surface area contributed by atoms with Gasteiger partial charge in [-0.3, -0.25) is 0 Å². The van der Waals surface area contributed by atoms with E-state index < -0.39 is 31.3 Å². The predicted octanol–water partition coefficient (Wildman–Crippen LogP) is 3.14. The molecule has 0 saturated heterocycles. The fraction of sp³-hybridized carbons (Fsp3) is 0.769. The average Bonchev–Trinajstić information content (AvgIpc) is 2.52. The maximum Gasteiger partial charge on any atom is 2.00 e. The van der Waals surface area contributed by atoms with E-state index in [1.165, 1.54) is 12.8 Å². The van der Waals surface area contributed by atoms with Crippen LogP contribution in [0.5, 0.6) is 0 Å². The molecule has 2 atom stereocenters. The molecule has 16 N–H and O–H groups in total. The molecule has 0 aromatic rings. The normalized spacial score (nSPS) is 16.5. The first-order valence-electron chi connectivity index (χ1n) is 7.69. The fourth-order valence-electron chi connectivity index (χ4n) is 1.80. The van der Waals surface area contributed by atoms with Gasteiger partial charge >= 0.3 is 30.8 Å². The summed E-state index contributed by atoms with van der Waals surface area (Å²) in [5.74, 6) is 0.648. The van der Waals surface area contributed by atoms with Crippen LogP contribution < -0.4 is 36.1 Å². The van der Waals surface area contributed by atoms with Crippen molar-refractivity contribution in [3.63, 3.8) is 0 Å². The monoisotopic (exact) mass is 753 g/mol. The van der Waals surface area contributed by atoms with Crippen molar-refractivity contribution >= 4 is 20.2 Å². The summed E-state index contributed by atoms with van der Waals surface area (Å²) in [6.45, 7) is 3.17. The minimum Gasteiger partial charge on any atom is -0.741 e. The number of nitriles is 1. The van der Waals surface area contributed by atoms with E-state index in [1.54, 1.807) is 0 Å². The third-order valence-corrected chi connectivity index (χ3v) is 4.26. The molecule has 0 radical (unpaired) electrons. The molecule has 0 unspecified atom stereocenters. The van der Waals surface area contributed by atoms with Crippen LogP contribution in [0.2, 0.25) is 0 Å². The second-order valence-corrected chi connectivity index (χ2v) is 8.13. The Hall–Kier alpha value is -0.974. The maximum absolute atomic E-state index is 10.7. The Morgan fingerprint density at radius 1 is 0.886 bits per heavy atom. The van der Waals surface area contributed by atoms with Crippen LogP contribution in [0.25, 0.3) is 0 Å². The van der Waals surface area contributed by atoms with Crippen molar-refractivity contribution in [3.8, 4) is 6.07 Å². The smallest absolute Gasteiger partial charge is 0.741 e. The van der Waals surface area contributed by atoms with Gasteiger partial charge in [0.25, 0.3) is 0 Å². The van der Waals surface area contributed by atoms with E-state index in [2.05, 4.69) is 30.5 Å².